The van der Waals surface area contributed by atoms with Crippen molar-refractivity contribution in [2.24, 2.45) is 0 Å². The van der Waals surface area contributed by atoms with Gasteiger partial charge in [0, 0.05) is 17.4 Å². The highest BCUT2D eigenvalue weighted by Gasteiger charge is 2.28. The maximum atomic E-state index is 12.1. The third-order valence-corrected chi connectivity index (χ3v) is 4.58. The van der Waals surface area contributed by atoms with Crippen LogP contribution < -0.4 is 15.4 Å². The second-order valence-electron chi connectivity index (χ2n) is 4.93. The summed E-state index contributed by atoms with van der Waals surface area (Å²) in [7, 11) is 1.53. The minimum atomic E-state index is -0.448. The van der Waals surface area contributed by atoms with Crippen molar-refractivity contribution in [3.05, 3.63) is 42.6 Å². The highest BCUT2D eigenvalue weighted by atomic mass is 32.2. The van der Waals surface area contributed by atoms with Crippen molar-refractivity contribution in [2.75, 3.05) is 17.7 Å². The molecule has 0 bridgehead atoms. The van der Waals surface area contributed by atoms with E-state index < -0.39 is 5.25 Å². The molecule has 2 N–H and O–H groups in total. The number of para-hydroxylation sites is 1. The van der Waals surface area contributed by atoms with Crippen molar-refractivity contribution in [1.82, 2.24) is 4.98 Å². The molecule has 1 aliphatic rings. The number of hydrogen-bond acceptors (Lipinski definition) is 5. The van der Waals surface area contributed by atoms with Gasteiger partial charge in [0.05, 0.1) is 29.9 Å². The van der Waals surface area contributed by atoms with Gasteiger partial charge < -0.3 is 15.4 Å². The summed E-state index contributed by atoms with van der Waals surface area (Å²) in [6.07, 6.45) is 1.61. The van der Waals surface area contributed by atoms with Crippen LogP contribution in [0, 0.1) is 0 Å². The summed E-state index contributed by atoms with van der Waals surface area (Å²) >= 11 is 1.40. The number of nitrogens with zero attached hydrogens (tertiary/aromatic N) is 1. The molecule has 1 atom stereocenters. The van der Waals surface area contributed by atoms with E-state index in [1.165, 1.54) is 25.1 Å². The lowest BCUT2D eigenvalue weighted by Gasteiger charge is -2.23. The normalized spacial score (nSPS) is 16.2. The Labute approximate surface area is 137 Å². The van der Waals surface area contributed by atoms with Crippen LogP contribution in [0.3, 0.4) is 0 Å². The zero-order valence-electron chi connectivity index (χ0n) is 12.4. The lowest BCUT2D eigenvalue weighted by atomic mass is 10.2. The van der Waals surface area contributed by atoms with Crippen LogP contribution in [-0.4, -0.2) is 29.2 Å². The lowest BCUT2D eigenvalue weighted by molar-refractivity contribution is -0.120. The molecule has 6 nitrogen and oxygen atoms in total. The van der Waals surface area contributed by atoms with Crippen LogP contribution in [0.1, 0.15) is 6.42 Å². The fourth-order valence-electron chi connectivity index (χ4n) is 2.18. The molecular weight excluding hydrogens is 314 g/mol. The van der Waals surface area contributed by atoms with Gasteiger partial charge >= 0.3 is 0 Å². The minimum absolute atomic E-state index is 0.0941. The Hall–Kier alpha value is -2.54. The van der Waals surface area contributed by atoms with Crippen molar-refractivity contribution in [3.63, 3.8) is 0 Å². The summed E-state index contributed by atoms with van der Waals surface area (Å²) in [5.41, 5.74) is 1.36. The number of hydrogen-bond donors (Lipinski definition) is 2. The standard InChI is InChI=1S/C16H15N3O3S/c1-22-15-7-6-10(9-17-15)18-14(20)8-13-16(21)19-11-4-2-3-5-12(11)23-13/h2-7,9,13H,8H2,1H3,(H,18,20)(H,19,21)/t13-/m0/s1. The number of amides is 2. The molecule has 2 aromatic rings. The molecule has 0 unspecified atom stereocenters. The van der Waals surface area contributed by atoms with E-state index in [9.17, 15) is 9.59 Å². The molecule has 0 aliphatic carbocycles. The van der Waals surface area contributed by atoms with E-state index >= 15 is 0 Å². The number of anilines is 2. The summed E-state index contributed by atoms with van der Waals surface area (Å²) < 4.78 is 4.96. The van der Waals surface area contributed by atoms with Gasteiger partial charge in [0.2, 0.25) is 17.7 Å². The van der Waals surface area contributed by atoms with Gasteiger partial charge in [0.15, 0.2) is 0 Å². The largest absolute Gasteiger partial charge is 0.481 e. The van der Waals surface area contributed by atoms with E-state index in [1.54, 1.807) is 12.1 Å². The summed E-state index contributed by atoms with van der Waals surface area (Å²) in [5.74, 6) is 0.0857. The van der Waals surface area contributed by atoms with Crippen LogP contribution in [0.5, 0.6) is 5.88 Å². The van der Waals surface area contributed by atoms with Crippen molar-refractivity contribution in [3.8, 4) is 5.88 Å². The van der Waals surface area contributed by atoms with E-state index in [4.69, 9.17) is 4.74 Å². The summed E-state index contributed by atoms with van der Waals surface area (Å²) in [5, 5.41) is 5.11. The number of fused-ring (bicyclic) bond motifs is 1. The topological polar surface area (TPSA) is 80.3 Å². The molecule has 0 radical (unpaired) electrons. The number of carbonyl (C=O) groups excluding carboxylic acids is 2. The van der Waals surface area contributed by atoms with Gasteiger partial charge in [-0.05, 0) is 18.2 Å². The number of nitrogens with one attached hydrogen (secondary N) is 2. The summed E-state index contributed by atoms with van der Waals surface area (Å²) in [4.78, 5) is 29.2. The molecule has 7 heteroatoms. The monoisotopic (exact) mass is 329 g/mol. The predicted octanol–water partition coefficient (Wildman–Crippen LogP) is 2.53. The van der Waals surface area contributed by atoms with Crippen LogP contribution in [0.2, 0.25) is 0 Å². The van der Waals surface area contributed by atoms with Crippen LogP contribution in [0.25, 0.3) is 0 Å². The fraction of sp³-hybridized carbons (Fsp3) is 0.188. The van der Waals surface area contributed by atoms with Crippen LogP contribution in [-0.2, 0) is 9.59 Å². The van der Waals surface area contributed by atoms with E-state index in [-0.39, 0.29) is 18.2 Å². The Morgan fingerprint density at radius 1 is 1.35 bits per heavy atom. The Morgan fingerprint density at radius 2 is 2.17 bits per heavy atom. The number of aromatic nitrogens is 1. The zero-order chi connectivity index (χ0) is 16.2. The van der Waals surface area contributed by atoms with Crippen LogP contribution in [0.15, 0.2) is 47.5 Å². The Bertz CT molecular complexity index is 734. The Balaban J connectivity index is 1.62. The van der Waals surface area contributed by atoms with Gasteiger partial charge in [-0.1, -0.05) is 12.1 Å². The quantitative estimate of drug-likeness (QED) is 0.901. The second-order valence-corrected chi connectivity index (χ2v) is 6.18. The molecule has 1 aromatic carbocycles. The third kappa shape index (κ3) is 3.62. The number of benzene rings is 1. The van der Waals surface area contributed by atoms with Crippen molar-refractivity contribution in [2.45, 2.75) is 16.6 Å². The molecule has 1 aromatic heterocycles. The molecule has 118 valence electrons. The molecule has 23 heavy (non-hydrogen) atoms. The van der Waals surface area contributed by atoms with E-state index in [0.717, 1.165) is 10.6 Å². The molecule has 0 fully saturated rings. The molecule has 0 saturated heterocycles. The second kappa shape index (κ2) is 6.70. The maximum absolute atomic E-state index is 12.1. The SMILES string of the molecule is COc1ccc(NC(=O)C[C@@H]2Sc3ccccc3NC2=O)cn1. The number of methoxy groups -OCH3 is 1. The van der Waals surface area contributed by atoms with Crippen LogP contribution in [0.4, 0.5) is 11.4 Å². The minimum Gasteiger partial charge on any atom is -0.481 e. The first kappa shape index (κ1) is 15.4. The summed E-state index contributed by atoms with van der Waals surface area (Å²) in [6.45, 7) is 0. The van der Waals surface area contributed by atoms with E-state index in [1.807, 2.05) is 24.3 Å². The average molecular weight is 329 g/mol. The highest BCUT2D eigenvalue weighted by Crippen LogP contribution is 2.36. The first-order chi connectivity index (χ1) is 11.2. The van der Waals surface area contributed by atoms with Crippen molar-refractivity contribution >= 4 is 35.0 Å². The first-order valence-corrected chi connectivity index (χ1v) is 7.90. The van der Waals surface area contributed by atoms with E-state index in [0.29, 0.717) is 11.6 Å². The van der Waals surface area contributed by atoms with Gasteiger partial charge in [-0.15, -0.1) is 11.8 Å². The number of pyridine rings is 1. The molecular formula is C16H15N3O3S. The van der Waals surface area contributed by atoms with Gasteiger partial charge in [0.1, 0.15) is 0 Å². The number of rotatable bonds is 4. The predicted molar refractivity (Wildman–Crippen MR) is 88.8 cm³/mol. The van der Waals surface area contributed by atoms with E-state index in [2.05, 4.69) is 15.6 Å². The maximum Gasteiger partial charge on any atom is 0.238 e. The first-order valence-electron chi connectivity index (χ1n) is 7.02. The Kier molecular flexibility index (Phi) is 4.47. The molecule has 3 rings (SSSR count). The lowest BCUT2D eigenvalue weighted by Crippen LogP contribution is -2.32. The third-order valence-electron chi connectivity index (χ3n) is 3.31. The average Bonchev–Trinajstić information content (AvgIpc) is 2.56. The van der Waals surface area contributed by atoms with Gasteiger partial charge in [0.25, 0.3) is 0 Å². The molecule has 2 heterocycles. The molecule has 2 amide bonds. The number of thioether (sulfide) groups is 1. The van der Waals surface area contributed by atoms with Crippen LogP contribution >= 0.6 is 11.8 Å². The molecule has 0 spiro atoms. The highest BCUT2D eigenvalue weighted by molar-refractivity contribution is 8.01. The summed E-state index contributed by atoms with van der Waals surface area (Å²) in [6, 6.07) is 10.9. The molecule has 0 saturated carbocycles. The smallest absolute Gasteiger partial charge is 0.238 e. The number of ether oxygens (including phenoxy) is 1. The van der Waals surface area contributed by atoms with Crippen molar-refractivity contribution in [1.29, 1.82) is 0 Å². The number of carbonyl (C=O) groups is 2. The zero-order valence-corrected chi connectivity index (χ0v) is 13.2. The van der Waals surface area contributed by atoms with Gasteiger partial charge in [-0.25, -0.2) is 4.98 Å². The Morgan fingerprint density at radius 3 is 2.91 bits per heavy atom. The fourth-order valence-corrected chi connectivity index (χ4v) is 3.29. The van der Waals surface area contributed by atoms with Gasteiger partial charge in [-0.2, -0.15) is 0 Å². The van der Waals surface area contributed by atoms with Gasteiger partial charge in [-0.3, -0.25) is 9.59 Å². The molecule has 1 aliphatic heterocycles. The van der Waals surface area contributed by atoms with Crippen molar-refractivity contribution < 1.29 is 14.3 Å².